The highest BCUT2D eigenvalue weighted by Crippen LogP contribution is 2.44. The molecule has 1 saturated heterocycles. The van der Waals surface area contributed by atoms with Crippen molar-refractivity contribution in [2.75, 3.05) is 38.1 Å². The molecule has 0 bridgehead atoms. The second kappa shape index (κ2) is 7.37. The number of nitrogens with one attached hydrogen (secondary N) is 1. The Labute approximate surface area is 163 Å². The highest BCUT2D eigenvalue weighted by atomic mass is 35.5. The summed E-state index contributed by atoms with van der Waals surface area (Å²) in [5.74, 6) is 0.664. The Hall–Kier alpha value is -2.31. The van der Waals surface area contributed by atoms with Crippen LogP contribution in [0.5, 0.6) is 5.75 Å². The number of anilines is 1. The van der Waals surface area contributed by atoms with E-state index in [1.165, 1.54) is 23.4 Å². The van der Waals surface area contributed by atoms with E-state index in [2.05, 4.69) is 22.3 Å². The minimum atomic E-state index is -0.406. The summed E-state index contributed by atoms with van der Waals surface area (Å²) in [6.45, 7) is 4.46. The van der Waals surface area contributed by atoms with Crippen molar-refractivity contribution in [3.63, 3.8) is 0 Å². The maximum Gasteiger partial charge on any atom is 0.269 e. The molecule has 0 atom stereocenters. The molecule has 0 radical (unpaired) electrons. The number of halogens is 1. The van der Waals surface area contributed by atoms with Gasteiger partial charge in [-0.1, -0.05) is 11.6 Å². The monoisotopic (exact) mass is 387 g/mol. The van der Waals surface area contributed by atoms with E-state index in [1.807, 2.05) is 6.07 Å². The molecular weight excluding hydrogens is 366 g/mol. The first-order valence-electron chi connectivity index (χ1n) is 9.19. The van der Waals surface area contributed by atoms with Gasteiger partial charge in [0.1, 0.15) is 12.4 Å². The molecule has 0 unspecified atom stereocenters. The van der Waals surface area contributed by atoms with Crippen LogP contribution in [0.15, 0.2) is 42.5 Å². The maximum atomic E-state index is 10.7. The summed E-state index contributed by atoms with van der Waals surface area (Å²) in [7, 11) is 0. The molecule has 6 nitrogen and oxygen atoms in total. The number of non-ortho nitro benzene ring substituents is 1. The Morgan fingerprint density at radius 2 is 1.93 bits per heavy atom. The van der Waals surface area contributed by atoms with Gasteiger partial charge in [-0.3, -0.25) is 15.0 Å². The third kappa shape index (κ3) is 3.73. The van der Waals surface area contributed by atoms with E-state index in [4.69, 9.17) is 16.3 Å². The lowest BCUT2D eigenvalue weighted by atomic mass is 9.74. The molecule has 2 aliphatic heterocycles. The van der Waals surface area contributed by atoms with E-state index in [0.29, 0.717) is 12.4 Å². The van der Waals surface area contributed by atoms with Crippen LogP contribution in [0.4, 0.5) is 11.4 Å². The molecule has 4 rings (SSSR count). The quantitative estimate of drug-likeness (QED) is 0.618. The van der Waals surface area contributed by atoms with Crippen LogP contribution in [-0.2, 0) is 5.41 Å². The highest BCUT2D eigenvalue weighted by molar-refractivity contribution is 6.30. The third-order valence-corrected chi connectivity index (χ3v) is 5.94. The Bertz CT molecular complexity index is 833. The zero-order valence-electron chi connectivity index (χ0n) is 15.0. The number of ether oxygens (including phenoxy) is 1. The number of likely N-dealkylation sites (tertiary alicyclic amines) is 1. The molecule has 1 spiro atoms. The summed E-state index contributed by atoms with van der Waals surface area (Å²) in [4.78, 5) is 12.7. The average molecular weight is 388 g/mol. The number of nitrogens with zero attached hydrogens (tertiary/aromatic N) is 2. The van der Waals surface area contributed by atoms with E-state index in [0.717, 1.165) is 44.0 Å². The second-order valence-corrected chi connectivity index (χ2v) is 7.70. The lowest BCUT2D eigenvalue weighted by Gasteiger charge is -2.39. The van der Waals surface area contributed by atoms with E-state index >= 15 is 0 Å². The minimum absolute atomic E-state index is 0.0780. The van der Waals surface area contributed by atoms with Gasteiger partial charge in [-0.25, -0.2) is 0 Å². The molecule has 27 heavy (non-hydrogen) atoms. The molecule has 0 saturated carbocycles. The number of benzene rings is 2. The first-order chi connectivity index (χ1) is 13.1. The van der Waals surface area contributed by atoms with Gasteiger partial charge < -0.3 is 10.1 Å². The number of hydrogen-bond donors (Lipinski definition) is 1. The summed E-state index contributed by atoms with van der Waals surface area (Å²) < 4.78 is 5.74. The van der Waals surface area contributed by atoms with Gasteiger partial charge in [0.2, 0.25) is 0 Å². The molecule has 2 aromatic carbocycles. The van der Waals surface area contributed by atoms with Gasteiger partial charge >= 0.3 is 0 Å². The summed E-state index contributed by atoms with van der Waals surface area (Å²) >= 11 is 6.22. The zero-order chi connectivity index (χ0) is 18.9. The van der Waals surface area contributed by atoms with Crippen molar-refractivity contribution in [2.45, 2.75) is 18.3 Å². The standard InChI is InChI=1S/C20H22ClN3O3/c21-15-1-6-19-18(13-15)20(14-22-19)7-9-23(10-8-20)11-12-27-17-4-2-16(3-5-17)24(25)26/h1-6,13,22H,7-12,14H2. The van der Waals surface area contributed by atoms with Gasteiger partial charge in [-0.05, 0) is 61.8 Å². The largest absolute Gasteiger partial charge is 0.492 e. The molecule has 1 N–H and O–H groups in total. The van der Waals surface area contributed by atoms with E-state index in [-0.39, 0.29) is 11.1 Å². The van der Waals surface area contributed by atoms with Crippen molar-refractivity contribution in [3.05, 3.63) is 63.2 Å². The van der Waals surface area contributed by atoms with Crippen LogP contribution >= 0.6 is 11.6 Å². The van der Waals surface area contributed by atoms with Crippen molar-refractivity contribution in [3.8, 4) is 5.75 Å². The van der Waals surface area contributed by atoms with Crippen LogP contribution in [0, 0.1) is 10.1 Å². The summed E-state index contributed by atoms with van der Waals surface area (Å²) in [5.41, 5.74) is 2.84. The van der Waals surface area contributed by atoms with Crippen molar-refractivity contribution < 1.29 is 9.66 Å². The Morgan fingerprint density at radius 1 is 1.19 bits per heavy atom. The molecular formula is C20H22ClN3O3. The molecule has 0 aromatic heterocycles. The first kappa shape index (κ1) is 18.1. The molecule has 0 aliphatic carbocycles. The molecule has 2 heterocycles. The number of hydrogen-bond acceptors (Lipinski definition) is 5. The summed E-state index contributed by atoms with van der Waals surface area (Å²) in [5, 5.41) is 15.0. The Morgan fingerprint density at radius 3 is 2.63 bits per heavy atom. The highest BCUT2D eigenvalue weighted by Gasteiger charge is 2.41. The number of nitro groups is 1. The van der Waals surface area contributed by atoms with Crippen LogP contribution in [0.3, 0.4) is 0 Å². The fourth-order valence-electron chi connectivity index (χ4n) is 4.08. The van der Waals surface area contributed by atoms with Gasteiger partial charge in [0.15, 0.2) is 0 Å². The SMILES string of the molecule is O=[N+]([O-])c1ccc(OCCN2CCC3(CC2)CNc2ccc(Cl)cc23)cc1. The number of rotatable bonds is 5. The van der Waals surface area contributed by atoms with Crippen LogP contribution in [0.2, 0.25) is 5.02 Å². The predicted molar refractivity (Wildman–Crippen MR) is 106 cm³/mol. The zero-order valence-corrected chi connectivity index (χ0v) is 15.7. The van der Waals surface area contributed by atoms with Crippen LogP contribution in [0.1, 0.15) is 18.4 Å². The third-order valence-electron chi connectivity index (χ3n) is 5.71. The molecule has 142 valence electrons. The van der Waals surface area contributed by atoms with E-state index < -0.39 is 4.92 Å². The van der Waals surface area contributed by atoms with Gasteiger partial charge in [-0.2, -0.15) is 0 Å². The van der Waals surface area contributed by atoms with Crippen LogP contribution in [0.25, 0.3) is 0 Å². The fourth-order valence-corrected chi connectivity index (χ4v) is 4.25. The predicted octanol–water partition coefficient (Wildman–Crippen LogP) is 4.09. The number of piperidine rings is 1. The topological polar surface area (TPSA) is 67.6 Å². The molecule has 0 amide bonds. The maximum absolute atomic E-state index is 10.7. The van der Waals surface area contributed by atoms with Crippen molar-refractivity contribution >= 4 is 23.0 Å². The molecule has 1 fully saturated rings. The van der Waals surface area contributed by atoms with Crippen LogP contribution in [-0.4, -0.2) is 42.6 Å². The van der Waals surface area contributed by atoms with Gasteiger partial charge in [0.05, 0.1) is 4.92 Å². The summed E-state index contributed by atoms with van der Waals surface area (Å²) in [6.07, 6.45) is 2.20. The lowest BCUT2D eigenvalue weighted by Crippen LogP contribution is -2.44. The fraction of sp³-hybridized carbons (Fsp3) is 0.400. The lowest BCUT2D eigenvalue weighted by molar-refractivity contribution is -0.384. The van der Waals surface area contributed by atoms with Gasteiger partial charge in [-0.15, -0.1) is 0 Å². The number of fused-ring (bicyclic) bond motifs is 2. The van der Waals surface area contributed by atoms with Crippen molar-refractivity contribution in [1.29, 1.82) is 0 Å². The minimum Gasteiger partial charge on any atom is -0.492 e. The number of nitro benzene ring substituents is 1. The Balaban J connectivity index is 1.28. The van der Waals surface area contributed by atoms with Crippen LogP contribution < -0.4 is 10.1 Å². The van der Waals surface area contributed by atoms with Gasteiger partial charge in [0, 0.05) is 41.3 Å². The normalized spacial score (nSPS) is 18.1. The molecule has 2 aliphatic rings. The summed E-state index contributed by atoms with van der Waals surface area (Å²) in [6, 6.07) is 12.4. The van der Waals surface area contributed by atoms with E-state index in [9.17, 15) is 10.1 Å². The van der Waals surface area contributed by atoms with Crippen molar-refractivity contribution in [1.82, 2.24) is 4.90 Å². The molecule has 2 aromatic rings. The smallest absolute Gasteiger partial charge is 0.269 e. The van der Waals surface area contributed by atoms with Crippen molar-refractivity contribution in [2.24, 2.45) is 0 Å². The second-order valence-electron chi connectivity index (χ2n) is 7.26. The molecule has 7 heteroatoms. The van der Waals surface area contributed by atoms with E-state index in [1.54, 1.807) is 12.1 Å². The van der Waals surface area contributed by atoms with Gasteiger partial charge in [0.25, 0.3) is 5.69 Å². The average Bonchev–Trinajstić information content (AvgIpc) is 3.01. The Kier molecular flexibility index (Phi) is 4.93. The first-order valence-corrected chi connectivity index (χ1v) is 9.57.